The third-order valence-corrected chi connectivity index (χ3v) is 6.38. The van der Waals surface area contributed by atoms with Gasteiger partial charge in [0.1, 0.15) is 0 Å². The first-order valence-electron chi connectivity index (χ1n) is 7.86. The first-order chi connectivity index (χ1) is 12.3. The van der Waals surface area contributed by atoms with Crippen LogP contribution in [0.1, 0.15) is 5.56 Å². The van der Waals surface area contributed by atoms with Gasteiger partial charge in [0.15, 0.2) is 0 Å². The summed E-state index contributed by atoms with van der Waals surface area (Å²) in [5, 5.41) is 6.88. The maximum Gasteiger partial charge on any atom is 0.240 e. The fraction of sp³-hybridized carbons (Fsp3) is 0.111. The molecule has 0 bridgehead atoms. The second-order valence-electron chi connectivity index (χ2n) is 5.85. The van der Waals surface area contributed by atoms with Crippen molar-refractivity contribution >= 4 is 30.8 Å². The number of nitrogens with one attached hydrogen (secondary N) is 1. The molecule has 0 fully saturated rings. The molecular weight excluding hydrogens is 388 g/mol. The van der Waals surface area contributed by atoms with E-state index in [0.717, 1.165) is 16.3 Å². The largest absolute Gasteiger partial charge is 0.412 e. The van der Waals surface area contributed by atoms with Crippen LogP contribution in [0.25, 0.3) is 10.8 Å². The fourth-order valence-corrected chi connectivity index (χ4v) is 4.18. The summed E-state index contributed by atoms with van der Waals surface area (Å²) in [4.78, 5) is 0.235. The Kier molecular flexibility index (Phi) is 6.34. The van der Waals surface area contributed by atoms with E-state index in [1.807, 2.05) is 24.3 Å². The van der Waals surface area contributed by atoms with E-state index in [1.165, 1.54) is 12.1 Å². The van der Waals surface area contributed by atoms with Crippen molar-refractivity contribution in [1.82, 2.24) is 4.72 Å². The Balaban J connectivity index is 0.00000261. The van der Waals surface area contributed by atoms with Crippen molar-refractivity contribution in [3.05, 3.63) is 72.3 Å². The fourth-order valence-electron chi connectivity index (χ4n) is 2.59. The summed E-state index contributed by atoms with van der Waals surface area (Å²) in [7, 11) is -7.35. The van der Waals surface area contributed by atoms with E-state index in [2.05, 4.69) is 4.72 Å². The lowest BCUT2D eigenvalue weighted by atomic mass is 10.1. The lowest BCUT2D eigenvalue weighted by Crippen LogP contribution is -2.26. The van der Waals surface area contributed by atoms with Crippen molar-refractivity contribution in [3.63, 3.8) is 0 Å². The lowest BCUT2D eigenvalue weighted by Gasteiger charge is -2.08. The first kappa shape index (κ1) is 21.0. The smallest absolute Gasteiger partial charge is 0.240 e. The Hall–Kier alpha value is -2.30. The van der Waals surface area contributed by atoms with E-state index in [-0.39, 0.29) is 21.8 Å². The summed E-state index contributed by atoms with van der Waals surface area (Å²) < 4.78 is 49.9. The van der Waals surface area contributed by atoms with E-state index >= 15 is 0 Å². The minimum atomic E-state index is -3.73. The van der Waals surface area contributed by atoms with Crippen LogP contribution in [-0.2, 0) is 26.5 Å². The van der Waals surface area contributed by atoms with Crippen LogP contribution in [0.3, 0.4) is 0 Å². The van der Waals surface area contributed by atoms with Gasteiger partial charge >= 0.3 is 0 Å². The summed E-state index contributed by atoms with van der Waals surface area (Å²) in [6, 6.07) is 18.6. The van der Waals surface area contributed by atoms with Crippen molar-refractivity contribution in [2.75, 3.05) is 6.54 Å². The number of primary sulfonamides is 1. The Morgan fingerprint density at radius 2 is 1.37 bits per heavy atom. The highest BCUT2D eigenvalue weighted by molar-refractivity contribution is 7.89. The maximum atomic E-state index is 12.4. The van der Waals surface area contributed by atoms with Gasteiger partial charge in [-0.2, -0.15) is 0 Å². The number of fused-ring (bicyclic) bond motifs is 1. The van der Waals surface area contributed by atoms with Crippen LogP contribution in [0.2, 0.25) is 0 Å². The molecule has 9 heteroatoms. The summed E-state index contributed by atoms with van der Waals surface area (Å²) in [5.41, 5.74) is 0.804. The van der Waals surface area contributed by atoms with E-state index in [1.54, 1.807) is 30.3 Å². The minimum absolute atomic E-state index is 0. The number of benzene rings is 3. The molecule has 3 aromatic rings. The van der Waals surface area contributed by atoms with Gasteiger partial charge < -0.3 is 5.48 Å². The topological polar surface area (TPSA) is 138 Å². The first-order valence-corrected chi connectivity index (χ1v) is 10.9. The van der Waals surface area contributed by atoms with Gasteiger partial charge in [-0.25, -0.2) is 26.7 Å². The SMILES string of the molecule is NS(=O)(=O)c1ccc(CCNS(=O)(=O)c2ccc3ccccc3c2)cc1.O. The number of nitrogens with two attached hydrogens (primary N) is 1. The van der Waals surface area contributed by atoms with Crippen LogP contribution in [-0.4, -0.2) is 28.9 Å². The Labute approximate surface area is 158 Å². The molecule has 0 aromatic heterocycles. The Bertz CT molecular complexity index is 1140. The highest BCUT2D eigenvalue weighted by atomic mass is 32.2. The Morgan fingerprint density at radius 1 is 0.778 bits per heavy atom. The lowest BCUT2D eigenvalue weighted by molar-refractivity contribution is 0.581. The van der Waals surface area contributed by atoms with Crippen LogP contribution in [0.15, 0.2) is 76.5 Å². The second kappa shape index (κ2) is 8.15. The van der Waals surface area contributed by atoms with Crippen molar-refractivity contribution in [2.45, 2.75) is 16.2 Å². The molecule has 0 unspecified atom stereocenters. The molecule has 0 radical (unpaired) electrons. The summed E-state index contributed by atoms with van der Waals surface area (Å²) in [6.07, 6.45) is 0.428. The molecule has 0 saturated heterocycles. The molecule has 0 heterocycles. The van der Waals surface area contributed by atoms with Crippen molar-refractivity contribution in [1.29, 1.82) is 0 Å². The maximum absolute atomic E-state index is 12.4. The normalized spacial score (nSPS) is 11.9. The molecule has 0 aliphatic rings. The minimum Gasteiger partial charge on any atom is -0.412 e. The Morgan fingerprint density at radius 3 is 2.00 bits per heavy atom. The van der Waals surface area contributed by atoms with Gasteiger partial charge in [-0.05, 0) is 47.0 Å². The predicted molar refractivity (Wildman–Crippen MR) is 104 cm³/mol. The van der Waals surface area contributed by atoms with Gasteiger partial charge in [-0.15, -0.1) is 0 Å². The van der Waals surface area contributed by atoms with E-state index < -0.39 is 20.0 Å². The van der Waals surface area contributed by atoms with Gasteiger partial charge in [-0.3, -0.25) is 0 Å². The molecular formula is C18H20N2O5S2. The van der Waals surface area contributed by atoms with Gasteiger partial charge in [-0.1, -0.05) is 42.5 Å². The van der Waals surface area contributed by atoms with Gasteiger partial charge in [0.2, 0.25) is 20.0 Å². The molecule has 0 atom stereocenters. The summed E-state index contributed by atoms with van der Waals surface area (Å²) >= 11 is 0. The monoisotopic (exact) mass is 408 g/mol. The average molecular weight is 409 g/mol. The molecule has 0 amide bonds. The third kappa shape index (κ3) is 5.12. The number of rotatable bonds is 6. The zero-order chi connectivity index (χ0) is 18.8. The van der Waals surface area contributed by atoms with Crippen molar-refractivity contribution in [2.24, 2.45) is 5.14 Å². The molecule has 3 aromatic carbocycles. The molecule has 3 rings (SSSR count). The predicted octanol–water partition coefficient (Wildman–Crippen LogP) is 1.18. The molecule has 0 saturated carbocycles. The number of hydrogen-bond acceptors (Lipinski definition) is 4. The highest BCUT2D eigenvalue weighted by Crippen LogP contribution is 2.18. The molecule has 5 N–H and O–H groups in total. The molecule has 0 aliphatic heterocycles. The van der Waals surface area contributed by atoms with Crippen LogP contribution in [0.4, 0.5) is 0 Å². The molecule has 144 valence electrons. The zero-order valence-corrected chi connectivity index (χ0v) is 15.9. The van der Waals surface area contributed by atoms with Gasteiger partial charge in [0, 0.05) is 6.54 Å². The number of sulfonamides is 2. The average Bonchev–Trinajstić information content (AvgIpc) is 2.61. The van der Waals surface area contributed by atoms with Crippen LogP contribution < -0.4 is 9.86 Å². The van der Waals surface area contributed by atoms with Crippen LogP contribution in [0.5, 0.6) is 0 Å². The van der Waals surface area contributed by atoms with Crippen molar-refractivity contribution in [3.8, 4) is 0 Å². The third-order valence-electron chi connectivity index (χ3n) is 3.99. The van der Waals surface area contributed by atoms with Gasteiger partial charge in [0.05, 0.1) is 9.79 Å². The summed E-state index contributed by atoms with van der Waals surface area (Å²) in [5.74, 6) is 0. The zero-order valence-electron chi connectivity index (χ0n) is 14.3. The summed E-state index contributed by atoms with van der Waals surface area (Å²) in [6.45, 7) is 0.198. The molecule has 0 aliphatic carbocycles. The van der Waals surface area contributed by atoms with E-state index in [4.69, 9.17) is 5.14 Å². The molecule has 27 heavy (non-hydrogen) atoms. The van der Waals surface area contributed by atoms with Crippen LogP contribution >= 0.6 is 0 Å². The van der Waals surface area contributed by atoms with E-state index in [9.17, 15) is 16.8 Å². The van der Waals surface area contributed by atoms with Crippen molar-refractivity contribution < 1.29 is 22.3 Å². The molecule has 7 nitrogen and oxygen atoms in total. The van der Waals surface area contributed by atoms with Crippen LogP contribution in [0, 0.1) is 0 Å². The second-order valence-corrected chi connectivity index (χ2v) is 9.17. The standard InChI is InChI=1S/C18H18N2O4S2.H2O/c19-25(21,22)17-8-5-14(6-9-17)11-12-20-26(23,24)18-10-7-15-3-1-2-4-16(15)13-18;/h1-10,13,20H,11-12H2,(H2,19,21,22);1H2. The van der Waals surface area contributed by atoms with Gasteiger partial charge in [0.25, 0.3) is 0 Å². The number of hydrogen-bond donors (Lipinski definition) is 2. The molecule has 0 spiro atoms. The quantitative estimate of drug-likeness (QED) is 0.632. The highest BCUT2D eigenvalue weighted by Gasteiger charge is 2.14. The van der Waals surface area contributed by atoms with E-state index in [0.29, 0.717) is 6.42 Å².